The Morgan fingerprint density at radius 1 is 1.10 bits per heavy atom. The van der Waals surface area contributed by atoms with Gasteiger partial charge in [-0.25, -0.2) is 0 Å². The summed E-state index contributed by atoms with van der Waals surface area (Å²) in [7, 11) is 0. The largest absolute Gasteiger partial charge is 0.349 e. The molecule has 0 bridgehead atoms. The number of aromatic nitrogens is 2. The summed E-state index contributed by atoms with van der Waals surface area (Å²) in [4.78, 5) is 32.0. The molecule has 1 aliphatic rings. The third-order valence-electron chi connectivity index (χ3n) is 5.63. The highest BCUT2D eigenvalue weighted by atomic mass is 16.2. The summed E-state index contributed by atoms with van der Waals surface area (Å²) in [5.41, 5.74) is 2.50. The van der Waals surface area contributed by atoms with E-state index in [9.17, 15) is 9.59 Å². The second-order valence-corrected chi connectivity index (χ2v) is 7.71. The summed E-state index contributed by atoms with van der Waals surface area (Å²) < 4.78 is 1.84. The molecule has 2 amide bonds. The number of hydrogen-bond donors (Lipinski definition) is 1. The van der Waals surface area contributed by atoms with Crippen LogP contribution in [0.2, 0.25) is 0 Å². The van der Waals surface area contributed by atoms with Crippen LogP contribution >= 0.6 is 0 Å². The molecule has 6 heteroatoms. The molecule has 1 aromatic carbocycles. The molecular formula is C24H26N4O2. The average Bonchev–Trinajstić information content (AvgIpc) is 3.30. The summed E-state index contributed by atoms with van der Waals surface area (Å²) in [5, 5.41) is 3.11. The molecule has 3 heterocycles. The SMILES string of the molecule is C[C@@H](NC(=O)[C@H]1CCCN(C(=O)c2cccn2-c2cccnc2)C1)c1ccccc1. The molecule has 0 radical (unpaired) electrons. The van der Waals surface area contributed by atoms with Crippen LogP contribution in [0.5, 0.6) is 0 Å². The van der Waals surface area contributed by atoms with Crippen LogP contribution in [0, 0.1) is 5.92 Å². The first-order valence-electron chi connectivity index (χ1n) is 10.4. The maximum atomic E-state index is 13.2. The lowest BCUT2D eigenvalue weighted by atomic mass is 9.96. The quantitative estimate of drug-likeness (QED) is 0.709. The van der Waals surface area contributed by atoms with Crippen LogP contribution in [-0.4, -0.2) is 39.4 Å². The van der Waals surface area contributed by atoms with Gasteiger partial charge in [0.05, 0.1) is 23.8 Å². The zero-order valence-electron chi connectivity index (χ0n) is 17.1. The first-order chi connectivity index (χ1) is 14.6. The number of carbonyl (C=O) groups excluding carboxylic acids is 2. The third-order valence-corrected chi connectivity index (χ3v) is 5.63. The van der Waals surface area contributed by atoms with Crippen LogP contribution < -0.4 is 5.32 Å². The van der Waals surface area contributed by atoms with E-state index in [1.165, 1.54) is 0 Å². The molecule has 2 aromatic heterocycles. The summed E-state index contributed by atoms with van der Waals surface area (Å²) >= 11 is 0. The van der Waals surface area contributed by atoms with Gasteiger partial charge in [-0.2, -0.15) is 0 Å². The molecular weight excluding hydrogens is 376 g/mol. The maximum Gasteiger partial charge on any atom is 0.270 e. The number of rotatable bonds is 5. The Bertz CT molecular complexity index is 1000. The molecule has 0 saturated carbocycles. The molecule has 6 nitrogen and oxygen atoms in total. The molecule has 154 valence electrons. The zero-order valence-corrected chi connectivity index (χ0v) is 17.1. The van der Waals surface area contributed by atoms with Crippen molar-refractivity contribution >= 4 is 11.8 Å². The predicted molar refractivity (Wildman–Crippen MR) is 115 cm³/mol. The summed E-state index contributed by atoms with van der Waals surface area (Å²) in [6, 6.07) is 17.3. The minimum atomic E-state index is -0.198. The van der Waals surface area contributed by atoms with Gasteiger partial charge >= 0.3 is 0 Å². The summed E-state index contributed by atoms with van der Waals surface area (Å²) in [6.07, 6.45) is 6.91. The van der Waals surface area contributed by atoms with Gasteiger partial charge in [-0.3, -0.25) is 14.6 Å². The molecule has 1 aliphatic heterocycles. The van der Waals surface area contributed by atoms with Crippen molar-refractivity contribution < 1.29 is 9.59 Å². The normalized spacial score (nSPS) is 17.4. The predicted octanol–water partition coefficient (Wildman–Crippen LogP) is 3.60. The minimum absolute atomic E-state index is 0.00601. The Labute approximate surface area is 176 Å². The molecule has 1 saturated heterocycles. The number of piperidine rings is 1. The van der Waals surface area contributed by atoms with Gasteiger partial charge in [0.15, 0.2) is 0 Å². The van der Waals surface area contributed by atoms with E-state index in [2.05, 4.69) is 10.3 Å². The molecule has 1 fully saturated rings. The maximum absolute atomic E-state index is 13.2. The fourth-order valence-electron chi connectivity index (χ4n) is 3.97. The summed E-state index contributed by atoms with van der Waals surface area (Å²) in [6.45, 7) is 3.08. The number of likely N-dealkylation sites (tertiary alicyclic amines) is 1. The van der Waals surface area contributed by atoms with Gasteiger partial charge < -0.3 is 14.8 Å². The first-order valence-corrected chi connectivity index (χ1v) is 10.4. The van der Waals surface area contributed by atoms with Crippen LogP contribution in [-0.2, 0) is 4.79 Å². The lowest BCUT2D eigenvalue weighted by Gasteiger charge is -2.33. The molecule has 0 unspecified atom stereocenters. The fraction of sp³-hybridized carbons (Fsp3) is 0.292. The number of benzene rings is 1. The number of nitrogens with zero attached hydrogens (tertiary/aromatic N) is 3. The highest BCUT2D eigenvalue weighted by Crippen LogP contribution is 2.22. The van der Waals surface area contributed by atoms with E-state index in [4.69, 9.17) is 0 Å². The summed E-state index contributed by atoms with van der Waals surface area (Å²) in [5.74, 6) is -0.250. The van der Waals surface area contributed by atoms with Crippen LogP contribution in [0.1, 0.15) is 41.9 Å². The highest BCUT2D eigenvalue weighted by molar-refractivity contribution is 5.94. The van der Waals surface area contributed by atoms with Crippen molar-refractivity contribution in [3.63, 3.8) is 0 Å². The minimum Gasteiger partial charge on any atom is -0.349 e. The molecule has 3 aromatic rings. The second-order valence-electron chi connectivity index (χ2n) is 7.71. The lowest BCUT2D eigenvalue weighted by Crippen LogP contribution is -2.46. The third kappa shape index (κ3) is 4.27. The fourth-order valence-corrected chi connectivity index (χ4v) is 3.97. The van der Waals surface area contributed by atoms with E-state index < -0.39 is 0 Å². The van der Waals surface area contributed by atoms with Crippen molar-refractivity contribution in [2.24, 2.45) is 5.92 Å². The van der Waals surface area contributed by atoms with E-state index in [1.54, 1.807) is 17.3 Å². The number of pyridine rings is 1. The molecule has 4 rings (SSSR count). The highest BCUT2D eigenvalue weighted by Gasteiger charge is 2.30. The standard InChI is InChI=1S/C24H26N4O2/c1-18(19-8-3-2-4-9-19)26-23(29)20-10-6-14-27(17-20)24(30)22-12-7-15-28(22)21-11-5-13-25-16-21/h2-5,7-9,11-13,15-16,18,20H,6,10,14,17H2,1H3,(H,26,29)/t18-,20+/m1/s1. The van der Waals surface area contributed by atoms with Gasteiger partial charge in [0.2, 0.25) is 5.91 Å². The smallest absolute Gasteiger partial charge is 0.270 e. The van der Waals surface area contributed by atoms with E-state index in [0.717, 1.165) is 24.1 Å². The number of nitrogens with one attached hydrogen (secondary N) is 1. The van der Waals surface area contributed by atoms with Gasteiger partial charge in [-0.05, 0) is 49.6 Å². The van der Waals surface area contributed by atoms with Gasteiger partial charge in [0.1, 0.15) is 5.69 Å². The van der Waals surface area contributed by atoms with Crippen LogP contribution in [0.15, 0.2) is 73.2 Å². The van der Waals surface area contributed by atoms with Gasteiger partial charge in [0.25, 0.3) is 5.91 Å². The van der Waals surface area contributed by atoms with Crippen molar-refractivity contribution in [1.29, 1.82) is 0 Å². The Balaban J connectivity index is 1.44. The van der Waals surface area contributed by atoms with Crippen LogP contribution in [0.25, 0.3) is 5.69 Å². The monoisotopic (exact) mass is 402 g/mol. The molecule has 30 heavy (non-hydrogen) atoms. The first kappa shape index (κ1) is 19.9. The number of carbonyl (C=O) groups is 2. The molecule has 1 N–H and O–H groups in total. The zero-order chi connectivity index (χ0) is 20.9. The van der Waals surface area contributed by atoms with Crippen molar-refractivity contribution in [1.82, 2.24) is 19.8 Å². The van der Waals surface area contributed by atoms with E-state index in [1.807, 2.05) is 72.3 Å². The molecule has 0 spiro atoms. The van der Waals surface area contributed by atoms with Crippen molar-refractivity contribution in [2.75, 3.05) is 13.1 Å². The van der Waals surface area contributed by atoms with E-state index >= 15 is 0 Å². The van der Waals surface area contributed by atoms with Gasteiger partial charge in [0, 0.05) is 25.5 Å². The van der Waals surface area contributed by atoms with E-state index in [0.29, 0.717) is 18.8 Å². The van der Waals surface area contributed by atoms with Crippen molar-refractivity contribution in [3.8, 4) is 5.69 Å². The Morgan fingerprint density at radius 3 is 2.70 bits per heavy atom. The Hall–Kier alpha value is -3.41. The van der Waals surface area contributed by atoms with Crippen LogP contribution in [0.4, 0.5) is 0 Å². The van der Waals surface area contributed by atoms with Crippen molar-refractivity contribution in [2.45, 2.75) is 25.8 Å². The second kappa shape index (κ2) is 8.95. The number of amides is 2. The van der Waals surface area contributed by atoms with Crippen molar-refractivity contribution in [3.05, 3.63) is 84.4 Å². The number of hydrogen-bond acceptors (Lipinski definition) is 3. The Kier molecular flexibility index (Phi) is 5.93. The molecule has 2 atom stereocenters. The van der Waals surface area contributed by atoms with E-state index in [-0.39, 0.29) is 23.8 Å². The van der Waals surface area contributed by atoms with Gasteiger partial charge in [-0.15, -0.1) is 0 Å². The van der Waals surface area contributed by atoms with Gasteiger partial charge in [-0.1, -0.05) is 30.3 Å². The Morgan fingerprint density at radius 2 is 1.93 bits per heavy atom. The topological polar surface area (TPSA) is 67.2 Å². The lowest BCUT2D eigenvalue weighted by molar-refractivity contribution is -0.127. The average molecular weight is 402 g/mol. The molecule has 0 aliphatic carbocycles. The van der Waals surface area contributed by atoms with Crippen LogP contribution in [0.3, 0.4) is 0 Å².